The van der Waals surface area contributed by atoms with Crippen LogP contribution in [-0.4, -0.2) is 22.6 Å². The van der Waals surface area contributed by atoms with Crippen LogP contribution in [0.4, 0.5) is 5.13 Å². The number of benzene rings is 1. The summed E-state index contributed by atoms with van der Waals surface area (Å²) in [4.78, 5) is 27.3. The molecule has 1 heterocycles. The molecule has 0 aliphatic rings. The number of nitrogens with zero attached hydrogens (tertiary/aromatic N) is 1. The minimum atomic E-state index is -0.399. The van der Waals surface area contributed by atoms with Gasteiger partial charge >= 0.3 is 0 Å². The quantitative estimate of drug-likeness (QED) is 0.722. The Morgan fingerprint density at radius 3 is 2.91 bits per heavy atom. The van der Waals surface area contributed by atoms with Crippen LogP contribution in [0.15, 0.2) is 26.9 Å². The van der Waals surface area contributed by atoms with Gasteiger partial charge in [0.15, 0.2) is 5.13 Å². The standard InChI is InChI=1S/C13H11BrClN3O2S2/c1-6-12(21-5-10(16)19)22-13(17-6)18-11(20)8-4-7(14)2-3-9(8)15/h2-4H,5H2,1H3,(H2,16,19)(H,17,18,20). The number of carbonyl (C=O) groups excluding carboxylic acids is 2. The molecular formula is C13H11BrClN3O2S2. The van der Waals surface area contributed by atoms with Gasteiger partial charge in [0.05, 0.1) is 26.2 Å². The Morgan fingerprint density at radius 1 is 1.50 bits per heavy atom. The van der Waals surface area contributed by atoms with Crippen molar-refractivity contribution in [1.29, 1.82) is 0 Å². The van der Waals surface area contributed by atoms with Gasteiger partial charge in [0.2, 0.25) is 5.91 Å². The minimum absolute atomic E-state index is 0.174. The molecule has 2 amide bonds. The fraction of sp³-hybridized carbons (Fsp3) is 0.154. The number of anilines is 1. The van der Waals surface area contributed by atoms with Gasteiger partial charge < -0.3 is 5.73 Å². The summed E-state index contributed by atoms with van der Waals surface area (Å²) in [5.74, 6) is -0.566. The van der Waals surface area contributed by atoms with Crippen LogP contribution < -0.4 is 11.1 Å². The zero-order valence-corrected chi connectivity index (χ0v) is 15.3. The summed E-state index contributed by atoms with van der Waals surface area (Å²) in [5.41, 5.74) is 6.22. The Labute approximate surface area is 148 Å². The van der Waals surface area contributed by atoms with E-state index in [2.05, 4.69) is 26.2 Å². The number of hydrogen-bond acceptors (Lipinski definition) is 5. The molecule has 22 heavy (non-hydrogen) atoms. The maximum Gasteiger partial charge on any atom is 0.258 e. The molecule has 2 rings (SSSR count). The van der Waals surface area contributed by atoms with Crippen LogP contribution >= 0.6 is 50.6 Å². The van der Waals surface area contributed by atoms with Gasteiger partial charge in [0.25, 0.3) is 5.91 Å². The summed E-state index contributed by atoms with van der Waals surface area (Å²) >= 11 is 11.9. The summed E-state index contributed by atoms with van der Waals surface area (Å²) < 4.78 is 1.60. The molecule has 0 aliphatic heterocycles. The lowest BCUT2D eigenvalue weighted by Crippen LogP contribution is -2.12. The van der Waals surface area contributed by atoms with Crippen molar-refractivity contribution in [2.24, 2.45) is 5.73 Å². The summed E-state index contributed by atoms with van der Waals surface area (Å²) in [6.45, 7) is 1.81. The van der Waals surface area contributed by atoms with E-state index in [9.17, 15) is 9.59 Å². The van der Waals surface area contributed by atoms with E-state index < -0.39 is 5.91 Å². The number of aryl methyl sites for hydroxylation is 1. The van der Waals surface area contributed by atoms with Crippen molar-refractivity contribution in [3.05, 3.63) is 39.0 Å². The highest BCUT2D eigenvalue weighted by Gasteiger charge is 2.15. The van der Waals surface area contributed by atoms with Crippen LogP contribution in [0.5, 0.6) is 0 Å². The zero-order chi connectivity index (χ0) is 16.3. The third-order valence-corrected chi connectivity index (χ3v) is 5.77. The van der Waals surface area contributed by atoms with E-state index in [0.717, 1.165) is 14.4 Å². The molecule has 116 valence electrons. The monoisotopic (exact) mass is 419 g/mol. The van der Waals surface area contributed by atoms with Gasteiger partial charge in [-0.15, -0.1) is 11.8 Å². The van der Waals surface area contributed by atoms with E-state index in [1.165, 1.54) is 23.1 Å². The number of hydrogen-bond donors (Lipinski definition) is 2. The van der Waals surface area contributed by atoms with Crippen molar-refractivity contribution in [3.63, 3.8) is 0 Å². The topological polar surface area (TPSA) is 85.1 Å². The molecule has 5 nitrogen and oxygen atoms in total. The number of halogens is 2. The van der Waals surface area contributed by atoms with E-state index in [1.807, 2.05) is 6.92 Å². The van der Waals surface area contributed by atoms with Crippen LogP contribution in [0, 0.1) is 6.92 Å². The molecule has 3 N–H and O–H groups in total. The average Bonchev–Trinajstić information content (AvgIpc) is 2.79. The van der Waals surface area contributed by atoms with E-state index in [-0.39, 0.29) is 11.7 Å². The predicted octanol–water partition coefficient (Wildman–Crippen LogP) is 3.70. The second-order valence-electron chi connectivity index (χ2n) is 4.23. The van der Waals surface area contributed by atoms with E-state index in [1.54, 1.807) is 18.2 Å². The molecule has 0 fully saturated rings. The number of thiazole rings is 1. The first-order chi connectivity index (χ1) is 10.4. The summed E-state index contributed by atoms with van der Waals surface area (Å²) in [5, 5.41) is 3.52. The Morgan fingerprint density at radius 2 is 2.23 bits per heavy atom. The van der Waals surface area contributed by atoms with Gasteiger partial charge in [-0.3, -0.25) is 14.9 Å². The fourth-order valence-corrected chi connectivity index (χ4v) is 3.98. The maximum absolute atomic E-state index is 12.2. The summed E-state index contributed by atoms with van der Waals surface area (Å²) in [6, 6.07) is 5.04. The highest BCUT2D eigenvalue weighted by molar-refractivity contribution is 9.10. The van der Waals surface area contributed by atoms with E-state index in [4.69, 9.17) is 17.3 Å². The first kappa shape index (κ1) is 17.3. The number of rotatable bonds is 5. The highest BCUT2D eigenvalue weighted by Crippen LogP contribution is 2.32. The zero-order valence-electron chi connectivity index (χ0n) is 11.4. The lowest BCUT2D eigenvalue weighted by Gasteiger charge is -2.04. The van der Waals surface area contributed by atoms with Crippen LogP contribution in [0.2, 0.25) is 5.02 Å². The second-order valence-corrected chi connectivity index (χ2v) is 7.79. The molecule has 0 saturated heterocycles. The maximum atomic E-state index is 12.2. The second kappa shape index (κ2) is 7.45. The molecule has 1 aromatic carbocycles. The number of primary amides is 1. The normalized spacial score (nSPS) is 10.5. The van der Waals surface area contributed by atoms with Gasteiger partial charge in [-0.2, -0.15) is 0 Å². The van der Waals surface area contributed by atoms with Gasteiger partial charge in [0.1, 0.15) is 0 Å². The highest BCUT2D eigenvalue weighted by atomic mass is 79.9. The van der Waals surface area contributed by atoms with Gasteiger partial charge in [-0.1, -0.05) is 38.9 Å². The predicted molar refractivity (Wildman–Crippen MR) is 93.9 cm³/mol. The molecule has 0 spiro atoms. The van der Waals surface area contributed by atoms with Crippen LogP contribution in [0.1, 0.15) is 16.1 Å². The van der Waals surface area contributed by atoms with Crippen LogP contribution in [0.3, 0.4) is 0 Å². The molecule has 9 heteroatoms. The lowest BCUT2D eigenvalue weighted by atomic mass is 10.2. The Hall–Kier alpha value is -1.09. The molecular weight excluding hydrogens is 410 g/mol. The van der Waals surface area contributed by atoms with Crippen molar-refractivity contribution in [1.82, 2.24) is 4.98 Å². The molecule has 0 atom stereocenters. The third-order valence-electron chi connectivity index (χ3n) is 2.49. The molecule has 0 bridgehead atoms. The Balaban J connectivity index is 2.13. The number of carbonyl (C=O) groups is 2. The molecule has 0 unspecified atom stereocenters. The van der Waals surface area contributed by atoms with Gasteiger partial charge in [-0.05, 0) is 25.1 Å². The third kappa shape index (κ3) is 4.45. The van der Waals surface area contributed by atoms with Gasteiger partial charge in [-0.25, -0.2) is 4.98 Å². The van der Waals surface area contributed by atoms with Crippen LogP contribution in [-0.2, 0) is 4.79 Å². The number of aromatic nitrogens is 1. The summed E-state index contributed by atoms with van der Waals surface area (Å²) in [6.07, 6.45) is 0. The molecule has 0 aliphatic carbocycles. The number of amides is 2. The fourth-order valence-electron chi connectivity index (χ4n) is 1.54. The van der Waals surface area contributed by atoms with E-state index >= 15 is 0 Å². The van der Waals surface area contributed by atoms with E-state index in [0.29, 0.717) is 15.7 Å². The number of nitrogens with one attached hydrogen (secondary N) is 1. The van der Waals surface area contributed by atoms with Crippen LogP contribution in [0.25, 0.3) is 0 Å². The van der Waals surface area contributed by atoms with Crippen molar-refractivity contribution >= 4 is 67.6 Å². The number of nitrogens with two attached hydrogens (primary N) is 1. The summed E-state index contributed by atoms with van der Waals surface area (Å²) in [7, 11) is 0. The molecule has 1 aromatic heterocycles. The minimum Gasteiger partial charge on any atom is -0.369 e. The molecule has 2 aromatic rings. The molecule has 0 radical (unpaired) electrons. The van der Waals surface area contributed by atoms with Gasteiger partial charge in [0, 0.05) is 4.47 Å². The average molecular weight is 421 g/mol. The van der Waals surface area contributed by atoms with Crippen molar-refractivity contribution < 1.29 is 9.59 Å². The Bertz CT molecular complexity index is 736. The van der Waals surface area contributed by atoms with Crippen molar-refractivity contribution in [3.8, 4) is 0 Å². The number of thioether (sulfide) groups is 1. The van der Waals surface area contributed by atoms with Crippen molar-refractivity contribution in [2.45, 2.75) is 11.1 Å². The largest absolute Gasteiger partial charge is 0.369 e. The Kier molecular flexibility index (Phi) is 5.85. The first-order valence-electron chi connectivity index (χ1n) is 6.01. The first-order valence-corrected chi connectivity index (χ1v) is 8.99. The molecule has 0 saturated carbocycles. The SMILES string of the molecule is Cc1nc(NC(=O)c2cc(Br)ccc2Cl)sc1SCC(N)=O. The lowest BCUT2D eigenvalue weighted by molar-refractivity contribution is -0.115. The van der Waals surface area contributed by atoms with Crippen molar-refractivity contribution in [2.75, 3.05) is 11.1 Å². The smallest absolute Gasteiger partial charge is 0.258 e.